The number of rotatable bonds is 5. The topological polar surface area (TPSA) is 53.1 Å². The van der Waals surface area contributed by atoms with Gasteiger partial charge in [-0.05, 0) is 25.1 Å². The third-order valence-corrected chi connectivity index (χ3v) is 4.79. The number of hydrogen-bond acceptors (Lipinski definition) is 4. The summed E-state index contributed by atoms with van der Waals surface area (Å²) in [7, 11) is 0. The van der Waals surface area contributed by atoms with Gasteiger partial charge in [0.1, 0.15) is 0 Å². The van der Waals surface area contributed by atoms with Crippen LogP contribution >= 0.6 is 0 Å². The average Bonchev–Trinajstić information content (AvgIpc) is 3.02. The molecule has 6 nitrogen and oxygen atoms in total. The third kappa shape index (κ3) is 3.60. The van der Waals surface area contributed by atoms with Crippen LogP contribution in [0.5, 0.6) is 0 Å². The second-order valence-corrected chi connectivity index (χ2v) is 6.19. The van der Waals surface area contributed by atoms with Gasteiger partial charge in [0, 0.05) is 25.3 Å². The molecule has 3 rings (SSSR count). The normalized spacial score (nSPS) is 21.6. The van der Waals surface area contributed by atoms with Gasteiger partial charge in [-0.15, -0.1) is 0 Å². The highest BCUT2D eigenvalue weighted by Gasteiger charge is 2.37. The molecule has 2 aliphatic heterocycles. The number of nitrogens with zero attached hydrogens (tertiary/aromatic N) is 3. The van der Waals surface area contributed by atoms with Crippen molar-refractivity contribution in [1.82, 2.24) is 9.80 Å². The van der Waals surface area contributed by atoms with Gasteiger partial charge in [0.25, 0.3) is 0 Å². The van der Waals surface area contributed by atoms with Crippen LogP contribution in [0.15, 0.2) is 30.3 Å². The van der Waals surface area contributed by atoms with Crippen molar-refractivity contribution in [3.63, 3.8) is 0 Å². The minimum absolute atomic E-state index is 0.0890. The van der Waals surface area contributed by atoms with Crippen molar-refractivity contribution in [1.29, 1.82) is 0 Å². The Bertz CT molecular complexity index is 572. The molecule has 1 atom stereocenters. The van der Waals surface area contributed by atoms with Crippen molar-refractivity contribution >= 4 is 17.5 Å². The van der Waals surface area contributed by atoms with Crippen molar-refractivity contribution < 1.29 is 14.3 Å². The van der Waals surface area contributed by atoms with Crippen LogP contribution in [0.25, 0.3) is 0 Å². The Labute approximate surface area is 143 Å². The summed E-state index contributed by atoms with van der Waals surface area (Å²) < 4.78 is 5.29. The van der Waals surface area contributed by atoms with E-state index in [1.807, 2.05) is 52.0 Å². The van der Waals surface area contributed by atoms with E-state index in [0.29, 0.717) is 45.9 Å². The van der Waals surface area contributed by atoms with E-state index in [0.717, 1.165) is 12.1 Å². The Morgan fingerprint density at radius 1 is 1.21 bits per heavy atom. The fraction of sp³-hybridized carbons (Fsp3) is 0.556. The number of carbonyl (C=O) groups excluding carboxylic acids is 2. The van der Waals surface area contributed by atoms with Gasteiger partial charge in [-0.3, -0.25) is 14.5 Å². The highest BCUT2D eigenvalue weighted by atomic mass is 16.5. The molecule has 0 radical (unpaired) electrons. The van der Waals surface area contributed by atoms with Crippen LogP contribution in [0.4, 0.5) is 5.69 Å². The molecule has 0 N–H and O–H groups in total. The Morgan fingerprint density at radius 3 is 2.58 bits per heavy atom. The summed E-state index contributed by atoms with van der Waals surface area (Å²) in [6.07, 6.45) is 0.762. The quantitative estimate of drug-likeness (QED) is 0.807. The van der Waals surface area contributed by atoms with Crippen LogP contribution in [-0.2, 0) is 14.3 Å². The minimum atomic E-state index is -0.208. The van der Waals surface area contributed by atoms with Crippen LogP contribution in [0.1, 0.15) is 13.3 Å². The third-order valence-electron chi connectivity index (χ3n) is 4.79. The average molecular weight is 331 g/mol. The molecule has 1 aromatic rings. The summed E-state index contributed by atoms with van der Waals surface area (Å²) in [5, 5.41) is 0. The first-order valence-corrected chi connectivity index (χ1v) is 8.66. The van der Waals surface area contributed by atoms with E-state index >= 15 is 0 Å². The van der Waals surface area contributed by atoms with Crippen LogP contribution in [-0.4, -0.2) is 73.6 Å². The van der Waals surface area contributed by atoms with Crippen molar-refractivity contribution in [2.24, 2.45) is 0 Å². The summed E-state index contributed by atoms with van der Waals surface area (Å²) in [5.41, 5.74) is 0.931. The molecule has 6 heteroatoms. The van der Waals surface area contributed by atoms with Gasteiger partial charge in [-0.1, -0.05) is 25.1 Å². The van der Waals surface area contributed by atoms with E-state index in [9.17, 15) is 9.59 Å². The van der Waals surface area contributed by atoms with E-state index < -0.39 is 0 Å². The second kappa shape index (κ2) is 7.77. The minimum Gasteiger partial charge on any atom is -0.378 e. The lowest BCUT2D eigenvalue weighted by Gasteiger charge is -2.31. The maximum atomic E-state index is 12.8. The molecule has 2 heterocycles. The van der Waals surface area contributed by atoms with Crippen molar-refractivity contribution in [3.8, 4) is 0 Å². The highest BCUT2D eigenvalue weighted by molar-refractivity contribution is 5.99. The monoisotopic (exact) mass is 331 g/mol. The molecule has 2 saturated heterocycles. The zero-order valence-corrected chi connectivity index (χ0v) is 14.2. The van der Waals surface area contributed by atoms with Gasteiger partial charge < -0.3 is 14.5 Å². The van der Waals surface area contributed by atoms with Gasteiger partial charge in [0.2, 0.25) is 11.8 Å². The van der Waals surface area contributed by atoms with E-state index in [1.54, 1.807) is 0 Å². The van der Waals surface area contributed by atoms with Gasteiger partial charge in [-0.2, -0.15) is 0 Å². The van der Waals surface area contributed by atoms with Crippen molar-refractivity contribution in [3.05, 3.63) is 30.3 Å². The number of amides is 2. The fourth-order valence-corrected chi connectivity index (χ4v) is 3.40. The summed E-state index contributed by atoms with van der Waals surface area (Å²) in [6.45, 7) is 6.19. The summed E-state index contributed by atoms with van der Waals surface area (Å²) in [4.78, 5) is 31.0. The smallest absolute Gasteiger partial charge is 0.244 e. The first-order valence-electron chi connectivity index (χ1n) is 8.66. The van der Waals surface area contributed by atoms with Crippen LogP contribution in [0, 0.1) is 0 Å². The van der Waals surface area contributed by atoms with Gasteiger partial charge in [0.05, 0.1) is 25.8 Å². The molecule has 2 fully saturated rings. The van der Waals surface area contributed by atoms with Crippen LogP contribution < -0.4 is 4.90 Å². The Morgan fingerprint density at radius 2 is 1.92 bits per heavy atom. The second-order valence-electron chi connectivity index (χ2n) is 6.19. The number of para-hydroxylation sites is 1. The zero-order chi connectivity index (χ0) is 16.9. The largest absolute Gasteiger partial charge is 0.378 e. The lowest BCUT2D eigenvalue weighted by atomic mass is 10.2. The van der Waals surface area contributed by atoms with Crippen molar-refractivity contribution in [2.45, 2.75) is 19.4 Å². The first kappa shape index (κ1) is 16.9. The number of benzene rings is 1. The maximum absolute atomic E-state index is 12.8. The molecule has 0 spiro atoms. The molecular weight excluding hydrogens is 306 g/mol. The van der Waals surface area contributed by atoms with Crippen LogP contribution in [0.2, 0.25) is 0 Å². The lowest BCUT2D eigenvalue weighted by Crippen LogP contribution is -2.50. The van der Waals surface area contributed by atoms with E-state index in [2.05, 4.69) is 0 Å². The summed E-state index contributed by atoms with van der Waals surface area (Å²) in [6, 6.07) is 9.52. The molecule has 2 aliphatic rings. The van der Waals surface area contributed by atoms with E-state index in [4.69, 9.17) is 4.74 Å². The molecule has 24 heavy (non-hydrogen) atoms. The van der Waals surface area contributed by atoms with Gasteiger partial charge in [-0.25, -0.2) is 0 Å². The molecular formula is C18H25N3O3. The van der Waals surface area contributed by atoms with E-state index in [1.165, 1.54) is 0 Å². The molecule has 130 valence electrons. The number of likely N-dealkylation sites (N-methyl/N-ethyl adjacent to an activating group) is 1. The first-order chi connectivity index (χ1) is 11.7. The van der Waals surface area contributed by atoms with E-state index in [-0.39, 0.29) is 17.9 Å². The molecule has 0 aliphatic carbocycles. The summed E-state index contributed by atoms with van der Waals surface area (Å²) >= 11 is 0. The zero-order valence-electron chi connectivity index (χ0n) is 14.2. The fourth-order valence-electron chi connectivity index (χ4n) is 3.40. The molecule has 0 bridgehead atoms. The van der Waals surface area contributed by atoms with Gasteiger partial charge in [0.15, 0.2) is 0 Å². The predicted molar refractivity (Wildman–Crippen MR) is 91.8 cm³/mol. The predicted octanol–water partition coefficient (Wildman–Crippen LogP) is 0.973. The SMILES string of the molecule is CCN(CC(=O)N1CCOCC1)[C@H]1CCN(c2ccccc2)C1=O. The molecule has 0 unspecified atom stereocenters. The molecule has 0 aromatic heterocycles. The number of morpholine rings is 1. The molecule has 1 aromatic carbocycles. The van der Waals surface area contributed by atoms with Gasteiger partial charge >= 0.3 is 0 Å². The standard InChI is InChI=1S/C18H25N3O3/c1-2-19(14-17(22)20-10-12-24-13-11-20)16-8-9-21(18(16)23)15-6-4-3-5-7-15/h3-7,16H,2,8-14H2,1H3/t16-/m0/s1. The Hall–Kier alpha value is -1.92. The Balaban J connectivity index is 1.63. The summed E-state index contributed by atoms with van der Waals surface area (Å²) in [5.74, 6) is 0.184. The number of hydrogen-bond donors (Lipinski definition) is 0. The van der Waals surface area contributed by atoms with Crippen LogP contribution in [0.3, 0.4) is 0 Å². The number of ether oxygens (including phenoxy) is 1. The number of anilines is 1. The maximum Gasteiger partial charge on any atom is 0.244 e. The number of carbonyl (C=O) groups is 2. The van der Waals surface area contributed by atoms with Crippen molar-refractivity contribution in [2.75, 3.05) is 50.8 Å². The molecule has 0 saturated carbocycles. The highest BCUT2D eigenvalue weighted by Crippen LogP contribution is 2.24. The molecule has 2 amide bonds. The lowest BCUT2D eigenvalue weighted by molar-refractivity contribution is -0.137. The Kier molecular flexibility index (Phi) is 5.48.